The van der Waals surface area contributed by atoms with Crippen LogP contribution in [-0.2, 0) is 13.0 Å². The van der Waals surface area contributed by atoms with Crippen molar-refractivity contribution < 1.29 is 0 Å². The molecule has 5 heteroatoms. The highest BCUT2D eigenvalue weighted by Gasteiger charge is 2.19. The topological polar surface area (TPSA) is 55.6 Å². The van der Waals surface area contributed by atoms with Crippen LogP contribution in [0.15, 0.2) is 140 Å². The number of benzene rings is 5. The fraction of sp³-hybridized carbons (Fsp3) is 0.0513. The van der Waals surface area contributed by atoms with E-state index in [4.69, 9.17) is 15.0 Å². The standard InChI is InChI=1S/C39H29N5/c1-3-14-28(15-4-1)37-41-38(29-16-5-2-6-17-29)43-39(42-37)30-19-11-20-31(25-30)44-35-24-10-8-21-32(35)33-22-12-18-27-13-7-9-23-34(27)40-26-36(33)44/h1-17,19-25,40H,18,26H2/b22-12-. The zero-order valence-corrected chi connectivity index (χ0v) is 24.1. The molecule has 0 aliphatic carbocycles. The zero-order chi connectivity index (χ0) is 29.3. The number of fused-ring (bicyclic) bond motifs is 4. The van der Waals surface area contributed by atoms with Crippen molar-refractivity contribution in [3.8, 4) is 39.9 Å². The van der Waals surface area contributed by atoms with Crippen molar-refractivity contribution in [3.05, 3.63) is 156 Å². The van der Waals surface area contributed by atoms with Crippen LogP contribution in [0.1, 0.15) is 16.8 Å². The van der Waals surface area contributed by atoms with Gasteiger partial charge in [0.25, 0.3) is 0 Å². The second-order valence-electron chi connectivity index (χ2n) is 10.9. The Hall–Kier alpha value is -5.81. The molecule has 3 heterocycles. The van der Waals surface area contributed by atoms with Crippen molar-refractivity contribution in [2.75, 3.05) is 5.32 Å². The summed E-state index contributed by atoms with van der Waals surface area (Å²) in [6.45, 7) is 0.692. The quantitative estimate of drug-likeness (QED) is 0.231. The predicted octanol–water partition coefficient (Wildman–Crippen LogP) is 9.00. The number of allylic oxidation sites excluding steroid dienone is 1. The van der Waals surface area contributed by atoms with Gasteiger partial charge in [0.15, 0.2) is 17.5 Å². The SMILES string of the molecule is C1=C\c2c(n(-c3cccc(-c4nc(-c5ccccc5)nc(-c5ccccc5)n4)c3)c3ccccc23)CNc2ccccc2C/1. The first-order valence-electron chi connectivity index (χ1n) is 14.9. The molecule has 0 fully saturated rings. The summed E-state index contributed by atoms with van der Waals surface area (Å²) >= 11 is 0. The highest BCUT2D eigenvalue weighted by atomic mass is 15.0. The van der Waals surface area contributed by atoms with E-state index in [2.05, 4.69) is 94.8 Å². The molecule has 0 atom stereocenters. The third-order valence-corrected chi connectivity index (χ3v) is 8.16. The van der Waals surface area contributed by atoms with Gasteiger partial charge in [-0.05, 0) is 36.2 Å². The van der Waals surface area contributed by atoms with E-state index in [1.54, 1.807) is 0 Å². The van der Waals surface area contributed by atoms with Gasteiger partial charge < -0.3 is 9.88 Å². The van der Waals surface area contributed by atoms with E-state index >= 15 is 0 Å². The second-order valence-corrected chi connectivity index (χ2v) is 10.9. The van der Waals surface area contributed by atoms with Crippen LogP contribution >= 0.6 is 0 Å². The van der Waals surface area contributed by atoms with Crippen molar-refractivity contribution >= 4 is 22.7 Å². The molecular weight excluding hydrogens is 538 g/mol. The summed E-state index contributed by atoms with van der Waals surface area (Å²) in [6.07, 6.45) is 5.44. The molecule has 0 bridgehead atoms. The summed E-state index contributed by atoms with van der Waals surface area (Å²) in [5, 5.41) is 4.97. The Balaban J connectivity index is 1.29. The summed E-state index contributed by atoms with van der Waals surface area (Å²) < 4.78 is 2.37. The normalized spacial score (nSPS) is 13.2. The van der Waals surface area contributed by atoms with E-state index in [0.29, 0.717) is 24.0 Å². The Bertz CT molecular complexity index is 2090. The van der Waals surface area contributed by atoms with Gasteiger partial charge in [0.2, 0.25) is 0 Å². The first-order chi connectivity index (χ1) is 21.8. The van der Waals surface area contributed by atoms with Gasteiger partial charge in [0.1, 0.15) is 0 Å². The monoisotopic (exact) mass is 567 g/mol. The number of nitrogens with zero attached hydrogens (tertiary/aromatic N) is 4. The summed E-state index contributed by atoms with van der Waals surface area (Å²) in [4.78, 5) is 14.8. The Morgan fingerprint density at radius 2 is 1.18 bits per heavy atom. The molecule has 2 aromatic heterocycles. The molecule has 8 rings (SSSR count). The first kappa shape index (κ1) is 25.9. The third-order valence-electron chi connectivity index (χ3n) is 8.16. The number of para-hydroxylation sites is 2. The van der Waals surface area contributed by atoms with Crippen molar-refractivity contribution in [1.29, 1.82) is 0 Å². The molecule has 0 spiro atoms. The lowest BCUT2D eigenvalue weighted by Crippen LogP contribution is -2.08. The van der Waals surface area contributed by atoms with E-state index in [1.807, 2.05) is 60.7 Å². The molecule has 0 saturated heterocycles. The molecule has 0 radical (unpaired) electrons. The van der Waals surface area contributed by atoms with Gasteiger partial charge in [-0.3, -0.25) is 0 Å². The summed E-state index contributed by atoms with van der Waals surface area (Å²) in [6, 6.07) is 45.9. The molecule has 1 N–H and O–H groups in total. The maximum absolute atomic E-state index is 4.98. The molecule has 0 unspecified atom stereocenters. The number of hydrogen-bond acceptors (Lipinski definition) is 4. The predicted molar refractivity (Wildman–Crippen MR) is 179 cm³/mol. The van der Waals surface area contributed by atoms with Crippen LogP contribution < -0.4 is 5.32 Å². The molecule has 44 heavy (non-hydrogen) atoms. The number of rotatable bonds is 4. The van der Waals surface area contributed by atoms with Crippen molar-refractivity contribution in [1.82, 2.24) is 19.5 Å². The number of aromatic nitrogens is 4. The maximum Gasteiger partial charge on any atom is 0.164 e. The van der Waals surface area contributed by atoms with E-state index in [9.17, 15) is 0 Å². The molecule has 5 aromatic carbocycles. The van der Waals surface area contributed by atoms with Crippen molar-refractivity contribution in [2.45, 2.75) is 13.0 Å². The third kappa shape index (κ3) is 4.74. The van der Waals surface area contributed by atoms with Gasteiger partial charge in [0, 0.05) is 39.0 Å². The maximum atomic E-state index is 4.98. The lowest BCUT2D eigenvalue weighted by atomic mass is 10.1. The molecule has 5 nitrogen and oxygen atoms in total. The fourth-order valence-electron chi connectivity index (χ4n) is 6.05. The van der Waals surface area contributed by atoms with Crippen LogP contribution in [0.25, 0.3) is 56.8 Å². The molecule has 210 valence electrons. The number of nitrogens with one attached hydrogen (secondary N) is 1. The van der Waals surface area contributed by atoms with Gasteiger partial charge in [-0.2, -0.15) is 0 Å². The number of anilines is 1. The zero-order valence-electron chi connectivity index (χ0n) is 24.1. The Morgan fingerprint density at radius 3 is 1.93 bits per heavy atom. The average Bonchev–Trinajstić information content (AvgIpc) is 3.45. The average molecular weight is 568 g/mol. The molecule has 0 amide bonds. The van der Waals surface area contributed by atoms with Gasteiger partial charge in [-0.25, -0.2) is 15.0 Å². The number of hydrogen-bond donors (Lipinski definition) is 1. The lowest BCUT2D eigenvalue weighted by molar-refractivity contribution is 0.963. The minimum atomic E-state index is 0.641. The van der Waals surface area contributed by atoms with Crippen LogP contribution in [0, 0.1) is 0 Å². The highest BCUT2D eigenvalue weighted by molar-refractivity contribution is 5.93. The summed E-state index contributed by atoms with van der Waals surface area (Å²) in [7, 11) is 0. The van der Waals surface area contributed by atoms with Crippen LogP contribution in [-0.4, -0.2) is 19.5 Å². The Morgan fingerprint density at radius 1 is 0.568 bits per heavy atom. The van der Waals surface area contributed by atoms with Crippen LogP contribution in [0.2, 0.25) is 0 Å². The van der Waals surface area contributed by atoms with E-state index < -0.39 is 0 Å². The van der Waals surface area contributed by atoms with E-state index in [-0.39, 0.29) is 0 Å². The minimum absolute atomic E-state index is 0.641. The van der Waals surface area contributed by atoms with Gasteiger partial charge in [-0.15, -0.1) is 0 Å². The van der Waals surface area contributed by atoms with Gasteiger partial charge >= 0.3 is 0 Å². The summed E-state index contributed by atoms with van der Waals surface area (Å²) in [5.41, 5.74) is 9.99. The highest BCUT2D eigenvalue weighted by Crippen LogP contribution is 2.34. The molecule has 1 aliphatic rings. The lowest BCUT2D eigenvalue weighted by Gasteiger charge is -2.15. The molecular formula is C39H29N5. The minimum Gasteiger partial charge on any atom is -0.379 e. The van der Waals surface area contributed by atoms with Crippen LogP contribution in [0.3, 0.4) is 0 Å². The molecule has 0 saturated carbocycles. The fourth-order valence-corrected chi connectivity index (χ4v) is 6.05. The molecule has 7 aromatic rings. The van der Waals surface area contributed by atoms with E-state index in [1.165, 1.54) is 33.4 Å². The summed E-state index contributed by atoms with van der Waals surface area (Å²) in [5.74, 6) is 1.95. The van der Waals surface area contributed by atoms with Crippen molar-refractivity contribution in [3.63, 3.8) is 0 Å². The smallest absolute Gasteiger partial charge is 0.164 e. The Kier molecular flexibility index (Phi) is 6.54. The van der Waals surface area contributed by atoms with E-state index in [0.717, 1.165) is 28.8 Å². The molecule has 1 aliphatic heterocycles. The van der Waals surface area contributed by atoms with Crippen LogP contribution in [0.4, 0.5) is 5.69 Å². The van der Waals surface area contributed by atoms with Crippen LogP contribution in [0.5, 0.6) is 0 Å². The first-order valence-corrected chi connectivity index (χ1v) is 14.9. The Labute approximate surface area is 256 Å². The second kappa shape index (κ2) is 11.1. The van der Waals surface area contributed by atoms with Gasteiger partial charge in [-0.1, -0.05) is 121 Å². The van der Waals surface area contributed by atoms with Gasteiger partial charge in [0.05, 0.1) is 17.8 Å². The largest absolute Gasteiger partial charge is 0.379 e. The van der Waals surface area contributed by atoms with Crippen molar-refractivity contribution in [2.24, 2.45) is 0 Å².